The largest absolute Gasteiger partial charge is 0.480 e. The van der Waals surface area contributed by atoms with Crippen LogP contribution in [0.3, 0.4) is 0 Å². The number of carbonyl (C=O) groups excluding carboxylic acids is 2. The van der Waals surface area contributed by atoms with Crippen molar-refractivity contribution < 1.29 is 19.5 Å². The molecule has 7 heteroatoms. The summed E-state index contributed by atoms with van der Waals surface area (Å²) in [4.78, 5) is 33.6. The average Bonchev–Trinajstić information content (AvgIpc) is 2.21. The Hall–Kier alpha value is -1.24. The first-order valence-corrected chi connectivity index (χ1v) is 5.86. The van der Waals surface area contributed by atoms with Crippen LogP contribution in [-0.2, 0) is 14.4 Å². The molecule has 0 spiro atoms. The van der Waals surface area contributed by atoms with E-state index in [2.05, 4.69) is 0 Å². The van der Waals surface area contributed by atoms with E-state index in [0.717, 1.165) is 0 Å². The Balaban J connectivity index is 3.88. The minimum Gasteiger partial charge on any atom is -0.480 e. The predicted molar refractivity (Wildman–Crippen MR) is 61.0 cm³/mol. The van der Waals surface area contributed by atoms with E-state index in [4.69, 9.17) is 10.8 Å². The monoisotopic (exact) mass is 248 g/mol. The van der Waals surface area contributed by atoms with Gasteiger partial charge < -0.3 is 15.7 Å². The Morgan fingerprint density at radius 2 is 2.00 bits per heavy atom. The number of nitrogens with zero attached hydrogens (tertiary/aromatic N) is 1. The molecule has 6 nitrogen and oxygen atoms in total. The van der Waals surface area contributed by atoms with Gasteiger partial charge in [-0.15, -0.1) is 0 Å². The number of rotatable bonds is 7. The Kier molecular flexibility index (Phi) is 6.55. The third-order valence-electron chi connectivity index (χ3n) is 2.04. The van der Waals surface area contributed by atoms with E-state index in [1.165, 1.54) is 30.6 Å². The van der Waals surface area contributed by atoms with Crippen molar-refractivity contribution in [2.24, 2.45) is 5.73 Å². The summed E-state index contributed by atoms with van der Waals surface area (Å²) in [6.07, 6.45) is 0.200. The van der Waals surface area contributed by atoms with Crippen LogP contribution in [0.5, 0.6) is 0 Å². The van der Waals surface area contributed by atoms with Gasteiger partial charge in [0.2, 0.25) is 11.8 Å². The SMILES string of the molecule is C[C@@H](C(=O)O)N(C)C(=O)CCSCC(N)=O. The van der Waals surface area contributed by atoms with Gasteiger partial charge in [0, 0.05) is 19.2 Å². The fourth-order valence-electron chi connectivity index (χ4n) is 0.890. The molecule has 92 valence electrons. The standard InChI is InChI=1S/C9H16N2O4S/c1-6(9(14)15)11(2)8(13)3-4-16-5-7(10)12/h6H,3-5H2,1-2H3,(H2,10,12)(H,14,15)/t6-/m0/s1. The quantitative estimate of drug-likeness (QED) is 0.593. The molecule has 16 heavy (non-hydrogen) atoms. The molecule has 0 fully saturated rings. The fourth-order valence-corrected chi connectivity index (χ4v) is 1.55. The lowest BCUT2D eigenvalue weighted by molar-refractivity contribution is -0.148. The van der Waals surface area contributed by atoms with Crippen LogP contribution in [0.4, 0.5) is 0 Å². The number of hydrogen-bond donors (Lipinski definition) is 2. The van der Waals surface area contributed by atoms with Gasteiger partial charge in [0.05, 0.1) is 5.75 Å². The molecular formula is C9H16N2O4S. The summed E-state index contributed by atoms with van der Waals surface area (Å²) in [5.74, 6) is -1.10. The van der Waals surface area contributed by atoms with Gasteiger partial charge >= 0.3 is 5.97 Å². The van der Waals surface area contributed by atoms with Gasteiger partial charge in [0.15, 0.2) is 0 Å². The van der Waals surface area contributed by atoms with Crippen LogP contribution in [0.2, 0.25) is 0 Å². The van der Waals surface area contributed by atoms with Crippen molar-refractivity contribution in [3.8, 4) is 0 Å². The lowest BCUT2D eigenvalue weighted by atomic mass is 10.3. The van der Waals surface area contributed by atoms with Crippen LogP contribution in [0.15, 0.2) is 0 Å². The minimum atomic E-state index is -1.04. The van der Waals surface area contributed by atoms with Crippen LogP contribution >= 0.6 is 11.8 Å². The second-order valence-electron chi connectivity index (χ2n) is 3.29. The zero-order chi connectivity index (χ0) is 12.7. The summed E-state index contributed by atoms with van der Waals surface area (Å²) in [7, 11) is 1.44. The Bertz CT molecular complexity index is 283. The lowest BCUT2D eigenvalue weighted by Gasteiger charge is -2.21. The number of primary amides is 1. The highest BCUT2D eigenvalue weighted by Gasteiger charge is 2.20. The summed E-state index contributed by atoms with van der Waals surface area (Å²) >= 11 is 1.26. The number of aliphatic carboxylic acids is 1. The molecular weight excluding hydrogens is 232 g/mol. The van der Waals surface area contributed by atoms with Crippen molar-refractivity contribution in [2.75, 3.05) is 18.6 Å². The van der Waals surface area contributed by atoms with Gasteiger partial charge in [-0.25, -0.2) is 4.79 Å². The van der Waals surface area contributed by atoms with Gasteiger partial charge in [-0.3, -0.25) is 9.59 Å². The van der Waals surface area contributed by atoms with Crippen molar-refractivity contribution in [1.82, 2.24) is 4.90 Å². The van der Waals surface area contributed by atoms with Gasteiger partial charge in [-0.1, -0.05) is 0 Å². The van der Waals surface area contributed by atoms with Crippen molar-refractivity contribution in [1.29, 1.82) is 0 Å². The third kappa shape index (κ3) is 5.59. The van der Waals surface area contributed by atoms with Crippen molar-refractivity contribution in [3.63, 3.8) is 0 Å². The van der Waals surface area contributed by atoms with Crippen molar-refractivity contribution >= 4 is 29.5 Å². The summed E-state index contributed by atoms with van der Waals surface area (Å²) in [6, 6.07) is -0.839. The van der Waals surface area contributed by atoms with E-state index in [9.17, 15) is 14.4 Å². The molecule has 2 amide bonds. The number of carbonyl (C=O) groups is 3. The number of nitrogens with two attached hydrogens (primary N) is 1. The molecule has 0 bridgehead atoms. The molecule has 0 heterocycles. The molecule has 0 aliphatic heterocycles. The summed E-state index contributed by atoms with van der Waals surface area (Å²) in [5, 5.41) is 8.69. The van der Waals surface area contributed by atoms with E-state index >= 15 is 0 Å². The van der Waals surface area contributed by atoms with Gasteiger partial charge in [-0.05, 0) is 6.92 Å². The van der Waals surface area contributed by atoms with Gasteiger partial charge in [0.25, 0.3) is 0 Å². The smallest absolute Gasteiger partial charge is 0.326 e. The topological polar surface area (TPSA) is 101 Å². The zero-order valence-corrected chi connectivity index (χ0v) is 10.1. The molecule has 1 atom stereocenters. The highest BCUT2D eigenvalue weighted by molar-refractivity contribution is 7.99. The van der Waals surface area contributed by atoms with Crippen LogP contribution in [0.25, 0.3) is 0 Å². The number of hydrogen-bond acceptors (Lipinski definition) is 4. The number of carboxylic acids is 1. The second kappa shape index (κ2) is 7.10. The lowest BCUT2D eigenvalue weighted by Crippen LogP contribution is -2.40. The third-order valence-corrected chi connectivity index (χ3v) is 3.02. The second-order valence-corrected chi connectivity index (χ2v) is 4.39. The van der Waals surface area contributed by atoms with Crippen LogP contribution < -0.4 is 5.73 Å². The fraction of sp³-hybridized carbons (Fsp3) is 0.667. The predicted octanol–water partition coefficient (Wildman–Crippen LogP) is -0.473. The first-order chi connectivity index (χ1) is 7.36. The summed E-state index contributed by atoms with van der Waals surface area (Å²) in [5.41, 5.74) is 4.92. The van der Waals surface area contributed by atoms with Crippen molar-refractivity contribution in [2.45, 2.75) is 19.4 Å². The molecule has 0 aliphatic carbocycles. The molecule has 0 aromatic heterocycles. The van der Waals surface area contributed by atoms with Crippen LogP contribution in [0.1, 0.15) is 13.3 Å². The summed E-state index contributed by atoms with van der Waals surface area (Å²) < 4.78 is 0. The van der Waals surface area contributed by atoms with E-state index in [1.54, 1.807) is 0 Å². The number of thioether (sulfide) groups is 1. The highest BCUT2D eigenvalue weighted by atomic mass is 32.2. The molecule has 3 N–H and O–H groups in total. The van der Waals surface area contributed by atoms with E-state index < -0.39 is 17.9 Å². The maximum atomic E-state index is 11.5. The van der Waals surface area contributed by atoms with Gasteiger partial charge in [-0.2, -0.15) is 11.8 Å². The number of likely N-dealkylation sites (N-methyl/N-ethyl adjacent to an activating group) is 1. The first kappa shape index (κ1) is 14.8. The van der Waals surface area contributed by atoms with Crippen LogP contribution in [-0.4, -0.2) is 52.4 Å². The van der Waals surface area contributed by atoms with Crippen LogP contribution in [0, 0.1) is 0 Å². The Labute approximate surface area is 98.2 Å². The van der Waals surface area contributed by atoms with E-state index in [-0.39, 0.29) is 18.1 Å². The first-order valence-electron chi connectivity index (χ1n) is 4.70. The van der Waals surface area contributed by atoms with E-state index in [1.807, 2.05) is 0 Å². The normalized spacial score (nSPS) is 11.9. The molecule has 0 saturated carbocycles. The Morgan fingerprint density at radius 1 is 1.44 bits per heavy atom. The maximum absolute atomic E-state index is 11.5. The molecule has 0 unspecified atom stereocenters. The van der Waals surface area contributed by atoms with E-state index in [0.29, 0.717) is 5.75 Å². The molecule has 0 aromatic carbocycles. The average molecular weight is 248 g/mol. The maximum Gasteiger partial charge on any atom is 0.326 e. The molecule has 0 aromatic rings. The molecule has 0 saturated heterocycles. The van der Waals surface area contributed by atoms with Gasteiger partial charge in [0.1, 0.15) is 6.04 Å². The molecule has 0 rings (SSSR count). The van der Waals surface area contributed by atoms with Crippen molar-refractivity contribution in [3.05, 3.63) is 0 Å². The molecule has 0 radical (unpaired) electrons. The molecule has 0 aliphatic rings. The minimum absolute atomic E-state index is 0.172. The summed E-state index contributed by atoms with van der Waals surface area (Å²) in [6.45, 7) is 1.44. The Morgan fingerprint density at radius 3 is 2.44 bits per heavy atom. The highest BCUT2D eigenvalue weighted by Crippen LogP contribution is 2.05. The zero-order valence-electron chi connectivity index (χ0n) is 9.30. The number of carboxylic acid groups (broad SMARTS) is 1. The number of amides is 2.